The van der Waals surface area contributed by atoms with E-state index in [0.29, 0.717) is 0 Å². The molecule has 3 aliphatic heterocycles. The van der Waals surface area contributed by atoms with Gasteiger partial charge in [0.15, 0.2) is 0 Å². The van der Waals surface area contributed by atoms with E-state index in [0.717, 1.165) is 37.4 Å². The maximum Gasteiger partial charge on any atom is 0.317 e. The normalized spacial score (nSPS) is 28.4. The van der Waals surface area contributed by atoms with Crippen molar-refractivity contribution in [2.24, 2.45) is 0 Å². The smallest absolute Gasteiger partial charge is 0.317 e. The number of rotatable bonds is 9. The average molecular weight is 1020 g/mol. The van der Waals surface area contributed by atoms with E-state index in [4.69, 9.17) is 49.4 Å². The first-order valence-electron chi connectivity index (χ1n) is 21.6. The highest BCUT2D eigenvalue weighted by Gasteiger charge is 2.54. The minimum Gasteiger partial charge on any atom is -0.416 e. The molecule has 3 saturated heterocycles. The third kappa shape index (κ3) is 23.0. The Morgan fingerprint density at radius 1 is 0.211 bits per heavy atom. The monoisotopic (exact) mass is 1010 g/mol. The highest BCUT2D eigenvalue weighted by molar-refractivity contribution is 6.95. The Kier molecular flexibility index (Phi) is 21.0. The topological polar surface area (TPSA) is 111 Å². The molecule has 0 N–H and O–H groups in total. The third-order valence-corrected chi connectivity index (χ3v) is 58.2. The van der Waals surface area contributed by atoms with Crippen LogP contribution in [0.15, 0.2) is 0 Å². The van der Waals surface area contributed by atoms with E-state index in [1.165, 1.54) is 19.3 Å². The minimum atomic E-state index is -2.33. The molecule has 0 aromatic heterocycles. The highest BCUT2D eigenvalue weighted by atomic mass is 28.5. The van der Waals surface area contributed by atoms with Gasteiger partial charge in [-0.05, 0) is 156 Å². The molecule has 0 spiro atoms. The van der Waals surface area contributed by atoms with Crippen molar-refractivity contribution < 1.29 is 49.4 Å². The fourth-order valence-corrected chi connectivity index (χ4v) is 74.0. The van der Waals surface area contributed by atoms with E-state index in [-0.39, 0.29) is 0 Å². The van der Waals surface area contributed by atoms with Crippen LogP contribution in [0.5, 0.6) is 0 Å². The Hall–Kier alpha value is 2.12. The fourth-order valence-electron chi connectivity index (χ4n) is 8.72. The van der Waals surface area contributed by atoms with Crippen molar-refractivity contribution in [3.05, 3.63) is 0 Å². The third-order valence-electron chi connectivity index (χ3n) is 8.67. The van der Waals surface area contributed by atoms with Gasteiger partial charge >= 0.3 is 103 Å². The Bertz CT molecular complexity index is 1190. The van der Waals surface area contributed by atoms with E-state index < -0.39 is 103 Å². The van der Waals surface area contributed by atoms with Crippen LogP contribution < -0.4 is 0 Å². The second-order valence-corrected chi connectivity index (χ2v) is 63.8. The molecule has 3 aliphatic rings. The average Bonchev–Trinajstić information content (AvgIpc) is 2.86. The summed E-state index contributed by atoms with van der Waals surface area (Å²) in [6.45, 7) is 51.3. The van der Waals surface area contributed by atoms with E-state index >= 15 is 0 Å². The van der Waals surface area contributed by atoms with Gasteiger partial charge in [-0.25, -0.2) is 0 Å². The summed E-state index contributed by atoms with van der Waals surface area (Å²) >= 11 is 0. The van der Waals surface area contributed by atoms with E-state index in [2.05, 4.69) is 158 Å². The lowest BCUT2D eigenvalue weighted by molar-refractivity contribution is 0.230. The van der Waals surface area contributed by atoms with Crippen LogP contribution in [0.3, 0.4) is 0 Å². The Morgan fingerprint density at radius 2 is 0.333 bits per heavy atom. The summed E-state index contributed by atoms with van der Waals surface area (Å²) in [6.07, 6.45) is 7.00. The first-order valence-corrected chi connectivity index (χ1v) is 54.5. The molecule has 0 unspecified atom stereocenters. The van der Waals surface area contributed by atoms with Crippen molar-refractivity contribution >= 4 is 103 Å². The van der Waals surface area contributed by atoms with Crippen molar-refractivity contribution in [1.82, 2.24) is 0 Å². The van der Waals surface area contributed by atoms with E-state index in [1.807, 2.05) is 0 Å². The van der Waals surface area contributed by atoms with Crippen molar-refractivity contribution in [1.29, 1.82) is 0 Å². The number of unbranched alkanes of at least 4 members (excludes halogenated alkanes) is 3. The Morgan fingerprint density at radius 3 is 0.456 bits per heavy atom. The van der Waals surface area contributed by atoms with Gasteiger partial charge < -0.3 is 49.4 Å². The van der Waals surface area contributed by atoms with Crippen LogP contribution in [-0.4, -0.2) is 103 Å². The molecule has 0 radical (unpaired) electrons. The maximum atomic E-state index is 6.60. The lowest BCUT2D eigenvalue weighted by Crippen LogP contribution is -2.65. The molecule has 24 heteroatoms. The molecule has 12 nitrogen and oxygen atoms in total. The predicted octanol–water partition coefficient (Wildman–Crippen LogP) is 12.1. The van der Waals surface area contributed by atoms with Crippen LogP contribution in [0.1, 0.15) is 59.3 Å². The SMILES string of the molecule is CCCC[Si]1(C)O[Si](C)(C)O[Si](C)(C)O1.CCCC[Si]1(C)O[Si](C)(C)O[Si](C)(C)O[Si](C)(C)O1.CCCC[Si]1(C)O[Si](C)(C)O[Si](C)(C)O[Si](C)(C)O[Si](C)(C)O1. The Labute approximate surface area is 364 Å². The summed E-state index contributed by atoms with van der Waals surface area (Å²) in [5.74, 6) is 0. The van der Waals surface area contributed by atoms with Gasteiger partial charge in [-0.15, -0.1) is 0 Å². The summed E-state index contributed by atoms with van der Waals surface area (Å²) in [7, 11) is -25.9. The zero-order chi connectivity index (χ0) is 44.8. The molecule has 0 aromatic carbocycles. The molecule has 3 rings (SSSR count). The van der Waals surface area contributed by atoms with Crippen LogP contribution in [0.25, 0.3) is 0 Å². The van der Waals surface area contributed by atoms with Crippen molar-refractivity contribution in [3.8, 4) is 0 Å². The van der Waals surface area contributed by atoms with Crippen LogP contribution >= 0.6 is 0 Å². The van der Waals surface area contributed by atoms with Gasteiger partial charge in [0.2, 0.25) is 0 Å². The lowest BCUT2D eigenvalue weighted by atomic mass is 10.4. The number of hydrogen-bond donors (Lipinski definition) is 0. The fraction of sp³-hybridized carbons (Fsp3) is 1.00. The van der Waals surface area contributed by atoms with Gasteiger partial charge in [-0.2, -0.15) is 0 Å². The van der Waals surface area contributed by atoms with Crippen LogP contribution in [0, 0.1) is 0 Å². The molecular formula is C33H90O12Si12. The van der Waals surface area contributed by atoms with Gasteiger partial charge in [-0.1, -0.05) is 59.3 Å². The van der Waals surface area contributed by atoms with Crippen molar-refractivity contribution in [3.63, 3.8) is 0 Å². The lowest BCUT2D eigenvalue weighted by Gasteiger charge is -2.48. The number of hydrogen-bond acceptors (Lipinski definition) is 12. The second-order valence-electron chi connectivity index (χ2n) is 20.5. The van der Waals surface area contributed by atoms with Gasteiger partial charge in [0.1, 0.15) is 0 Å². The van der Waals surface area contributed by atoms with Gasteiger partial charge in [0.05, 0.1) is 0 Å². The summed E-state index contributed by atoms with van der Waals surface area (Å²) in [5, 5.41) is 0. The van der Waals surface area contributed by atoms with Gasteiger partial charge in [0.25, 0.3) is 0 Å². The summed E-state index contributed by atoms with van der Waals surface area (Å²) in [4.78, 5) is 0. The molecule has 0 aliphatic carbocycles. The molecule has 0 saturated carbocycles. The summed E-state index contributed by atoms with van der Waals surface area (Å²) < 4.78 is 76.3. The standard InChI is InChI=1S/C13H36O5Si5.C11H30O4Si4.C9H24O3Si3/c1-11-12-13-23(10)17-21(6,7)15-19(2,3)14-20(4,5)16-22(8,9)18-23;1-9-10-11-19(8)14-17(4,5)12-16(2,3)13-18(6,7)15-19;1-7-8-9-15(6)11-13(2,3)10-14(4,5)12-15/h11-13H2,1-10H3;9-11H2,1-8H3;7-9H2,1-6H3. The molecule has 3 heterocycles. The molecular weight excluding hydrogens is 925 g/mol. The molecule has 342 valence electrons. The van der Waals surface area contributed by atoms with Crippen molar-refractivity contribution in [2.45, 2.75) is 215 Å². The van der Waals surface area contributed by atoms with Crippen LogP contribution in [0.2, 0.25) is 156 Å². The Balaban J connectivity index is 0.000000437. The maximum absolute atomic E-state index is 6.60. The first-order chi connectivity index (χ1) is 25.2. The quantitative estimate of drug-likeness (QED) is 0.205. The van der Waals surface area contributed by atoms with Crippen LogP contribution in [-0.2, 0) is 49.4 Å². The minimum absolute atomic E-state index is 0.994. The van der Waals surface area contributed by atoms with Crippen molar-refractivity contribution in [2.75, 3.05) is 0 Å². The molecule has 57 heavy (non-hydrogen) atoms. The summed E-state index contributed by atoms with van der Waals surface area (Å²) in [5.41, 5.74) is 0. The highest BCUT2D eigenvalue weighted by Crippen LogP contribution is 2.36. The molecule has 0 amide bonds. The summed E-state index contributed by atoms with van der Waals surface area (Å²) in [6, 6.07) is 3.14. The zero-order valence-corrected chi connectivity index (χ0v) is 53.3. The molecule has 3 fully saturated rings. The first kappa shape index (κ1) is 57.1. The van der Waals surface area contributed by atoms with Gasteiger partial charge in [0, 0.05) is 0 Å². The molecule has 0 atom stereocenters. The molecule has 0 bridgehead atoms. The van der Waals surface area contributed by atoms with Crippen LogP contribution in [0.4, 0.5) is 0 Å². The second kappa shape index (κ2) is 21.0. The zero-order valence-electron chi connectivity index (χ0n) is 41.3. The van der Waals surface area contributed by atoms with E-state index in [9.17, 15) is 0 Å². The van der Waals surface area contributed by atoms with Gasteiger partial charge in [-0.3, -0.25) is 0 Å². The van der Waals surface area contributed by atoms with E-state index in [1.54, 1.807) is 0 Å². The largest absolute Gasteiger partial charge is 0.416 e. The molecule has 0 aromatic rings. The predicted molar refractivity (Wildman–Crippen MR) is 264 cm³/mol.